The lowest BCUT2D eigenvalue weighted by atomic mass is 9.69. The Hall–Kier alpha value is -3.60. The van der Waals surface area contributed by atoms with Crippen LogP contribution in [0.3, 0.4) is 0 Å². The Kier molecular flexibility index (Phi) is 11.2. The number of anilines is 2. The molecule has 2 unspecified atom stereocenters. The number of fused-ring (bicyclic) bond motifs is 2. The molecular weight excluding hydrogens is 596 g/mol. The first kappa shape index (κ1) is 34.3. The Morgan fingerprint density at radius 2 is 1.93 bits per heavy atom. The molecule has 0 spiro atoms. The summed E-state index contributed by atoms with van der Waals surface area (Å²) in [5, 5.41) is 23.8. The molecule has 2 aliphatic heterocycles. The number of hydrogen-bond acceptors (Lipinski definition) is 9. The molecule has 2 amide bonds. The molecule has 2 aromatic rings. The molecule has 2 heterocycles. The lowest BCUT2D eigenvalue weighted by Gasteiger charge is -2.31. The molecular formula is C32H43BN3O8P. The Balaban J connectivity index is 1.54. The Bertz CT molecular complexity index is 1420. The number of aliphatic hydroxyl groups excluding tert-OH is 2. The summed E-state index contributed by atoms with van der Waals surface area (Å²) in [5.74, 6) is 0.324. The minimum Gasteiger partial charge on any atom is -0.493 e. The first-order chi connectivity index (χ1) is 21.4. The highest BCUT2D eigenvalue weighted by Crippen LogP contribution is 2.42. The van der Waals surface area contributed by atoms with E-state index in [9.17, 15) is 24.6 Å². The summed E-state index contributed by atoms with van der Waals surface area (Å²) < 4.78 is 17.2. The van der Waals surface area contributed by atoms with Gasteiger partial charge in [-0.3, -0.25) is 4.79 Å². The number of nitrogens with zero attached hydrogens (tertiary/aromatic N) is 2. The van der Waals surface area contributed by atoms with Crippen molar-refractivity contribution in [3.63, 3.8) is 0 Å². The van der Waals surface area contributed by atoms with E-state index in [4.69, 9.17) is 14.2 Å². The third-order valence-electron chi connectivity index (χ3n) is 8.22. The van der Waals surface area contributed by atoms with Crippen LogP contribution < -0.4 is 19.6 Å². The maximum atomic E-state index is 13.7. The number of amides is 2. The second-order valence-electron chi connectivity index (χ2n) is 12.3. The molecule has 1 fully saturated rings. The van der Waals surface area contributed by atoms with Gasteiger partial charge in [-0.25, -0.2) is 9.69 Å². The summed E-state index contributed by atoms with van der Waals surface area (Å²) in [6.07, 6.45) is -0.748. The molecule has 3 N–H and O–H groups in total. The van der Waals surface area contributed by atoms with Crippen molar-refractivity contribution in [2.24, 2.45) is 5.41 Å². The van der Waals surface area contributed by atoms with Crippen molar-refractivity contribution in [1.29, 1.82) is 0 Å². The van der Waals surface area contributed by atoms with Crippen LogP contribution in [0.25, 0.3) is 0 Å². The molecule has 0 bridgehead atoms. The number of carbonyl (C=O) groups excluding carboxylic acids is 3. The van der Waals surface area contributed by atoms with Crippen molar-refractivity contribution >= 4 is 45.7 Å². The summed E-state index contributed by atoms with van der Waals surface area (Å²) in [4.78, 5) is 42.5. The van der Waals surface area contributed by atoms with E-state index in [-0.39, 0.29) is 50.0 Å². The van der Waals surface area contributed by atoms with Crippen molar-refractivity contribution in [2.45, 2.75) is 64.6 Å². The van der Waals surface area contributed by atoms with Crippen LogP contribution in [0.4, 0.5) is 16.2 Å². The predicted octanol–water partition coefficient (Wildman–Crippen LogP) is 3.67. The normalized spacial score (nSPS) is 18.5. The van der Waals surface area contributed by atoms with E-state index in [1.807, 2.05) is 6.92 Å². The van der Waals surface area contributed by atoms with Crippen molar-refractivity contribution in [1.82, 2.24) is 4.90 Å². The van der Waals surface area contributed by atoms with Gasteiger partial charge in [0.15, 0.2) is 17.7 Å². The summed E-state index contributed by atoms with van der Waals surface area (Å²) in [6, 6.07) is 9.47. The standard InChI is InChI=1S/C32H43BN3O8P/c1-19-14-25-29(39)36(24-16-27(43-13-10-20(2)45)26(42-5)15-23(24)28(38)35(25)17-19)31(41)44-18-21-6-8-22(9-7-21)34-33-30(40)32(3,4)11-12-37/h6-9,15-16,20,25,29,33-34,37,39H,1,10-14,17-18,45H2,2-5H3/t20?,25-,29-/m0/s1. The SMILES string of the molecule is C=C1C[C@H]2[C@H](O)N(C(=O)OCc3ccc(NBC(=O)C(C)(C)CCO)cc3)c3cc(OCCC(C)P)c(OC)cc3C(=O)N2C1. The number of carbonyl (C=O) groups is 3. The van der Waals surface area contributed by atoms with Gasteiger partial charge in [-0.05, 0) is 48.7 Å². The van der Waals surface area contributed by atoms with E-state index in [1.165, 1.54) is 18.1 Å². The van der Waals surface area contributed by atoms with E-state index in [1.54, 1.807) is 44.2 Å². The van der Waals surface area contributed by atoms with Gasteiger partial charge in [-0.15, -0.1) is 9.24 Å². The number of hydrogen-bond donors (Lipinski definition) is 3. The fourth-order valence-corrected chi connectivity index (χ4v) is 5.45. The fraction of sp³-hybridized carbons (Fsp3) is 0.469. The molecule has 0 aromatic heterocycles. The quantitative estimate of drug-likeness (QED) is 0.170. The van der Waals surface area contributed by atoms with Crippen molar-refractivity contribution in [3.05, 3.63) is 59.7 Å². The van der Waals surface area contributed by atoms with E-state index in [0.29, 0.717) is 47.9 Å². The molecule has 4 rings (SSSR count). The number of aliphatic hydroxyl groups is 2. The molecule has 4 atom stereocenters. The summed E-state index contributed by atoms with van der Waals surface area (Å²) in [5.41, 5.74) is 2.19. The van der Waals surface area contributed by atoms with Crippen LogP contribution >= 0.6 is 9.24 Å². The second-order valence-corrected chi connectivity index (χ2v) is 13.4. The molecule has 11 nitrogen and oxygen atoms in total. The topological polar surface area (TPSA) is 138 Å². The van der Waals surface area contributed by atoms with Gasteiger partial charge >= 0.3 is 13.5 Å². The average molecular weight is 639 g/mol. The lowest BCUT2D eigenvalue weighted by Crippen LogP contribution is -2.50. The van der Waals surface area contributed by atoms with Crippen molar-refractivity contribution in [3.8, 4) is 11.5 Å². The number of ether oxygens (including phenoxy) is 3. The number of benzene rings is 2. The predicted molar refractivity (Wildman–Crippen MR) is 177 cm³/mol. The molecule has 13 heteroatoms. The molecule has 2 aromatic carbocycles. The monoisotopic (exact) mass is 639 g/mol. The molecule has 0 radical (unpaired) electrons. The Morgan fingerprint density at radius 1 is 1.22 bits per heavy atom. The van der Waals surface area contributed by atoms with Gasteiger partial charge in [-0.2, -0.15) is 0 Å². The zero-order valence-electron chi connectivity index (χ0n) is 26.4. The van der Waals surface area contributed by atoms with Crippen LogP contribution in [-0.2, 0) is 16.1 Å². The van der Waals surface area contributed by atoms with Crippen LogP contribution in [0, 0.1) is 5.41 Å². The van der Waals surface area contributed by atoms with Gasteiger partial charge in [0.05, 0.1) is 31.0 Å². The van der Waals surface area contributed by atoms with Gasteiger partial charge < -0.3 is 39.3 Å². The first-order valence-corrected chi connectivity index (χ1v) is 15.7. The van der Waals surface area contributed by atoms with Crippen LogP contribution in [0.2, 0.25) is 0 Å². The van der Waals surface area contributed by atoms with Crippen molar-refractivity contribution in [2.75, 3.05) is 37.0 Å². The lowest BCUT2D eigenvalue weighted by molar-refractivity contribution is -0.120. The molecule has 0 aliphatic carbocycles. The van der Waals surface area contributed by atoms with Gasteiger partial charge in [0, 0.05) is 30.3 Å². The van der Waals surface area contributed by atoms with Crippen LogP contribution in [0.1, 0.15) is 56.0 Å². The van der Waals surface area contributed by atoms with Crippen LogP contribution in [0.5, 0.6) is 11.5 Å². The third kappa shape index (κ3) is 7.98. The van der Waals surface area contributed by atoms with Crippen molar-refractivity contribution < 1.29 is 38.8 Å². The van der Waals surface area contributed by atoms with E-state index in [2.05, 4.69) is 21.0 Å². The first-order valence-electron chi connectivity index (χ1n) is 15.0. The maximum absolute atomic E-state index is 13.7. The number of rotatable bonds is 13. The Morgan fingerprint density at radius 3 is 2.58 bits per heavy atom. The zero-order chi connectivity index (χ0) is 32.9. The number of methoxy groups -OCH3 is 1. The highest BCUT2D eigenvalue weighted by atomic mass is 31.0. The minimum absolute atomic E-state index is 0.0150. The highest BCUT2D eigenvalue weighted by Gasteiger charge is 2.46. The third-order valence-corrected chi connectivity index (χ3v) is 8.56. The summed E-state index contributed by atoms with van der Waals surface area (Å²) in [6.45, 7) is 10.1. The van der Waals surface area contributed by atoms with Gasteiger partial charge in [-0.1, -0.05) is 45.1 Å². The van der Waals surface area contributed by atoms with E-state index >= 15 is 0 Å². The Labute approximate surface area is 267 Å². The molecule has 45 heavy (non-hydrogen) atoms. The molecule has 1 saturated heterocycles. The van der Waals surface area contributed by atoms with Gasteiger partial charge in [0.1, 0.15) is 12.3 Å². The van der Waals surface area contributed by atoms with E-state index < -0.39 is 23.8 Å². The smallest absolute Gasteiger partial charge is 0.416 e. The molecule has 242 valence electrons. The largest absolute Gasteiger partial charge is 0.493 e. The van der Waals surface area contributed by atoms with Gasteiger partial charge in [0.25, 0.3) is 5.91 Å². The average Bonchev–Trinajstić information content (AvgIpc) is 3.37. The number of nitrogens with one attached hydrogen (secondary N) is 1. The highest BCUT2D eigenvalue weighted by molar-refractivity contribution is 7.17. The fourth-order valence-electron chi connectivity index (χ4n) is 5.31. The zero-order valence-corrected chi connectivity index (χ0v) is 27.5. The van der Waals surface area contributed by atoms with Crippen LogP contribution in [-0.4, -0.2) is 85.0 Å². The van der Waals surface area contributed by atoms with Crippen LogP contribution in [0.15, 0.2) is 48.6 Å². The van der Waals surface area contributed by atoms with E-state index in [0.717, 1.165) is 16.9 Å². The maximum Gasteiger partial charge on any atom is 0.416 e. The molecule has 2 aliphatic rings. The molecule has 0 saturated carbocycles. The minimum atomic E-state index is -1.39. The summed E-state index contributed by atoms with van der Waals surface area (Å²) >= 11 is 0. The van der Waals surface area contributed by atoms with Gasteiger partial charge in [0.2, 0.25) is 0 Å². The summed E-state index contributed by atoms with van der Waals surface area (Å²) in [7, 11) is 4.31. The second kappa shape index (κ2) is 14.7.